The average molecular weight is 157 g/mol. The quantitative estimate of drug-likeness (QED) is 0.616. The van der Waals surface area contributed by atoms with Crippen LogP contribution in [0.25, 0.3) is 0 Å². The summed E-state index contributed by atoms with van der Waals surface area (Å²) in [6, 6.07) is 0. The molecule has 0 bridgehead atoms. The predicted molar refractivity (Wildman–Crippen MR) is 50.3 cm³/mol. The van der Waals surface area contributed by atoms with Crippen LogP contribution in [0.3, 0.4) is 0 Å². The van der Waals surface area contributed by atoms with Crippen molar-refractivity contribution in [3.63, 3.8) is 0 Å². The van der Waals surface area contributed by atoms with Crippen LogP contribution in [-0.2, 0) is 0 Å². The van der Waals surface area contributed by atoms with Gasteiger partial charge in [0, 0.05) is 12.3 Å². The molecule has 0 aliphatic carbocycles. The summed E-state index contributed by atoms with van der Waals surface area (Å²) >= 11 is 1.88. The molecule has 0 saturated heterocycles. The molecule has 0 fully saturated rings. The van der Waals surface area contributed by atoms with Gasteiger partial charge in [-0.05, 0) is 11.3 Å². The van der Waals surface area contributed by atoms with Gasteiger partial charge in [-0.25, -0.2) is 0 Å². The third-order valence-electron chi connectivity index (χ3n) is 1.11. The molecule has 0 saturated carbocycles. The van der Waals surface area contributed by atoms with Crippen LogP contribution in [0.5, 0.6) is 0 Å². The molecule has 0 heterocycles. The number of nitrogens with two attached hydrogens (primary N) is 1. The number of hydrogen-bond acceptors (Lipinski definition) is 2. The van der Waals surface area contributed by atoms with E-state index in [4.69, 9.17) is 5.73 Å². The van der Waals surface area contributed by atoms with Crippen LogP contribution in [0.2, 0.25) is 0 Å². The van der Waals surface area contributed by atoms with Crippen molar-refractivity contribution in [1.29, 1.82) is 0 Å². The van der Waals surface area contributed by atoms with E-state index in [9.17, 15) is 0 Å². The van der Waals surface area contributed by atoms with Crippen LogP contribution >= 0.6 is 11.8 Å². The van der Waals surface area contributed by atoms with E-state index in [1.165, 1.54) is 5.57 Å². The van der Waals surface area contributed by atoms with E-state index in [1.807, 2.05) is 17.8 Å². The fraction of sp³-hybridized carbons (Fsp3) is 0.500. The Hall–Kier alpha value is -0.210. The van der Waals surface area contributed by atoms with Gasteiger partial charge >= 0.3 is 0 Å². The third-order valence-corrected chi connectivity index (χ3v) is 2.09. The summed E-state index contributed by atoms with van der Waals surface area (Å²) in [5.41, 5.74) is 6.74. The van der Waals surface area contributed by atoms with Crippen molar-refractivity contribution in [3.8, 4) is 0 Å². The summed E-state index contributed by atoms with van der Waals surface area (Å²) in [5, 5.41) is 0. The predicted octanol–water partition coefficient (Wildman–Crippen LogP) is 1.81. The first-order valence-corrected chi connectivity index (χ1v) is 4.58. The highest BCUT2D eigenvalue weighted by molar-refractivity contribution is 7.99. The standard InChI is InChI=1S/C8H15NS/c1-3-5-8(6-9)7-10-4-2/h3,5H,1,4,6-7,9H2,2H3/b8-5+. The van der Waals surface area contributed by atoms with Gasteiger partial charge in [-0.15, -0.1) is 0 Å². The molecule has 58 valence electrons. The highest BCUT2D eigenvalue weighted by Crippen LogP contribution is 2.05. The maximum Gasteiger partial charge on any atom is 0.0158 e. The molecule has 2 heteroatoms. The maximum absolute atomic E-state index is 5.47. The van der Waals surface area contributed by atoms with Crippen molar-refractivity contribution in [1.82, 2.24) is 0 Å². The molecule has 0 rings (SSSR count). The molecule has 0 atom stereocenters. The Morgan fingerprint density at radius 1 is 1.70 bits per heavy atom. The molecule has 0 spiro atoms. The molecule has 0 aliphatic rings. The topological polar surface area (TPSA) is 26.0 Å². The summed E-state index contributed by atoms with van der Waals surface area (Å²) in [4.78, 5) is 0. The van der Waals surface area contributed by atoms with E-state index >= 15 is 0 Å². The highest BCUT2D eigenvalue weighted by Gasteiger charge is 1.90. The number of thioether (sulfide) groups is 1. The van der Waals surface area contributed by atoms with Gasteiger partial charge in [0.2, 0.25) is 0 Å². The van der Waals surface area contributed by atoms with Crippen LogP contribution in [0.1, 0.15) is 6.92 Å². The first-order valence-electron chi connectivity index (χ1n) is 3.43. The lowest BCUT2D eigenvalue weighted by atomic mass is 10.3. The molecule has 0 aromatic heterocycles. The van der Waals surface area contributed by atoms with E-state index in [0.717, 1.165) is 11.5 Å². The van der Waals surface area contributed by atoms with Crippen molar-refractivity contribution in [2.75, 3.05) is 18.1 Å². The fourth-order valence-corrected chi connectivity index (χ4v) is 1.26. The summed E-state index contributed by atoms with van der Waals surface area (Å²) in [6.07, 6.45) is 3.78. The van der Waals surface area contributed by atoms with Gasteiger partial charge in [-0.2, -0.15) is 11.8 Å². The molecular formula is C8H15NS. The highest BCUT2D eigenvalue weighted by atomic mass is 32.2. The van der Waals surface area contributed by atoms with Gasteiger partial charge in [0.15, 0.2) is 0 Å². The van der Waals surface area contributed by atoms with Crippen molar-refractivity contribution in [2.24, 2.45) is 5.73 Å². The fourth-order valence-electron chi connectivity index (χ4n) is 0.575. The third kappa shape index (κ3) is 4.65. The first kappa shape index (κ1) is 9.79. The summed E-state index contributed by atoms with van der Waals surface area (Å²) in [7, 11) is 0. The largest absolute Gasteiger partial charge is 0.327 e. The molecule has 0 amide bonds. The minimum Gasteiger partial charge on any atom is -0.327 e. The molecule has 0 radical (unpaired) electrons. The molecular weight excluding hydrogens is 142 g/mol. The van der Waals surface area contributed by atoms with Gasteiger partial charge in [0.25, 0.3) is 0 Å². The van der Waals surface area contributed by atoms with Crippen molar-refractivity contribution >= 4 is 11.8 Å². The monoisotopic (exact) mass is 157 g/mol. The molecule has 0 unspecified atom stereocenters. The van der Waals surface area contributed by atoms with E-state index < -0.39 is 0 Å². The normalized spacial score (nSPS) is 11.6. The number of hydrogen-bond donors (Lipinski definition) is 1. The Morgan fingerprint density at radius 2 is 2.40 bits per heavy atom. The minimum absolute atomic E-state index is 0.652. The molecule has 1 nitrogen and oxygen atoms in total. The second-order valence-electron chi connectivity index (χ2n) is 1.90. The zero-order valence-electron chi connectivity index (χ0n) is 6.47. The van der Waals surface area contributed by atoms with Gasteiger partial charge in [0.1, 0.15) is 0 Å². The SMILES string of the molecule is C=C/C=C(\CN)CSCC. The van der Waals surface area contributed by atoms with E-state index in [2.05, 4.69) is 13.5 Å². The maximum atomic E-state index is 5.47. The van der Waals surface area contributed by atoms with Crippen LogP contribution < -0.4 is 5.73 Å². The second kappa shape index (κ2) is 6.90. The Morgan fingerprint density at radius 3 is 2.80 bits per heavy atom. The number of rotatable bonds is 5. The Bertz CT molecular complexity index is 118. The van der Waals surface area contributed by atoms with Gasteiger partial charge in [-0.1, -0.05) is 25.7 Å². The molecule has 0 aliphatic heterocycles. The van der Waals surface area contributed by atoms with Crippen LogP contribution in [0.4, 0.5) is 0 Å². The molecule has 2 N–H and O–H groups in total. The van der Waals surface area contributed by atoms with Gasteiger partial charge < -0.3 is 5.73 Å². The van der Waals surface area contributed by atoms with Crippen LogP contribution in [0, 0.1) is 0 Å². The first-order chi connectivity index (χ1) is 4.85. The molecule has 0 aromatic carbocycles. The minimum atomic E-state index is 0.652. The van der Waals surface area contributed by atoms with Crippen LogP contribution in [0.15, 0.2) is 24.3 Å². The smallest absolute Gasteiger partial charge is 0.0158 e. The lowest BCUT2D eigenvalue weighted by Crippen LogP contribution is -2.04. The molecule has 10 heavy (non-hydrogen) atoms. The van der Waals surface area contributed by atoms with E-state index in [-0.39, 0.29) is 0 Å². The summed E-state index contributed by atoms with van der Waals surface area (Å²) < 4.78 is 0. The van der Waals surface area contributed by atoms with Gasteiger partial charge in [-0.3, -0.25) is 0 Å². The van der Waals surface area contributed by atoms with Gasteiger partial charge in [0.05, 0.1) is 0 Å². The van der Waals surface area contributed by atoms with Crippen molar-refractivity contribution < 1.29 is 0 Å². The summed E-state index contributed by atoms with van der Waals surface area (Å²) in [5.74, 6) is 2.19. The van der Waals surface area contributed by atoms with Crippen molar-refractivity contribution in [2.45, 2.75) is 6.92 Å². The zero-order chi connectivity index (χ0) is 7.82. The Kier molecular flexibility index (Phi) is 6.76. The molecule has 0 aromatic rings. The Labute approximate surface area is 67.4 Å². The van der Waals surface area contributed by atoms with E-state index in [1.54, 1.807) is 6.08 Å². The Balaban J connectivity index is 3.59. The van der Waals surface area contributed by atoms with E-state index in [0.29, 0.717) is 6.54 Å². The number of allylic oxidation sites excluding steroid dienone is 2. The average Bonchev–Trinajstić information content (AvgIpc) is 1.98. The summed E-state index contributed by atoms with van der Waals surface area (Å²) in [6.45, 7) is 6.41. The zero-order valence-corrected chi connectivity index (χ0v) is 7.29. The second-order valence-corrected chi connectivity index (χ2v) is 3.18. The lowest BCUT2D eigenvalue weighted by Gasteiger charge is -2.00. The lowest BCUT2D eigenvalue weighted by molar-refractivity contribution is 1.15. The van der Waals surface area contributed by atoms with Crippen LogP contribution in [-0.4, -0.2) is 18.1 Å². The van der Waals surface area contributed by atoms with Crippen molar-refractivity contribution in [3.05, 3.63) is 24.3 Å².